The summed E-state index contributed by atoms with van der Waals surface area (Å²) < 4.78 is 5.67. The zero-order chi connectivity index (χ0) is 34.0. The minimum Gasteiger partial charge on any atom is -0.491 e. The maximum Gasteiger partial charge on any atom is 0.260 e. The number of hydrogen-bond acceptors (Lipinski definition) is 7. The van der Waals surface area contributed by atoms with Crippen molar-refractivity contribution >= 4 is 29.3 Å². The highest BCUT2D eigenvalue weighted by Gasteiger charge is 2.70. The first-order valence-electron chi connectivity index (χ1n) is 16.7. The summed E-state index contributed by atoms with van der Waals surface area (Å²) in [4.78, 5) is 59.3. The lowest BCUT2D eigenvalue weighted by Gasteiger charge is -2.50. The van der Waals surface area contributed by atoms with E-state index in [0.717, 1.165) is 22.3 Å². The molecule has 2 N–H and O–H groups in total. The predicted octanol–water partition coefficient (Wildman–Crippen LogP) is 5.15. The number of fused-ring (bicyclic) bond motifs is 4. The molecule has 0 aromatic heterocycles. The second-order valence-electron chi connectivity index (χ2n) is 14.4. The molecule has 3 fully saturated rings. The Morgan fingerprint density at radius 2 is 1.56 bits per heavy atom. The molecule has 3 aromatic rings. The van der Waals surface area contributed by atoms with Gasteiger partial charge in [0.2, 0.25) is 11.8 Å². The van der Waals surface area contributed by atoms with E-state index < -0.39 is 40.5 Å². The first-order chi connectivity index (χ1) is 23.0. The Morgan fingerprint density at radius 3 is 2.21 bits per heavy atom. The molecule has 1 saturated carbocycles. The number of aliphatic hydroxyl groups excluding tert-OH is 1. The van der Waals surface area contributed by atoms with Gasteiger partial charge in [-0.25, -0.2) is 0 Å². The second-order valence-corrected chi connectivity index (χ2v) is 14.4. The molecule has 2 heterocycles. The molecule has 9 heteroatoms. The van der Waals surface area contributed by atoms with Crippen LogP contribution in [0.3, 0.4) is 0 Å². The van der Waals surface area contributed by atoms with Crippen molar-refractivity contribution in [1.29, 1.82) is 0 Å². The summed E-state index contributed by atoms with van der Waals surface area (Å²) in [6.07, 6.45) is 2.70. The standard InChI is InChI=1S/C39H41N3O6/c1-23-10-14-26(15-11-23)40-42-35(45)31-22-30-28(18-19-29-32(30)36(46)41(34(29)44)38(2,3)4)33(24-12-16-27(17-13-24)48-21-20-43)39(31,37(42)47)25-8-6-5-7-9-25/h5-18,29-33,40,43H,19-22H2,1-4H3/t29-,30+,31-,32-,33-,39+/m0/s1. The average molecular weight is 648 g/mol. The van der Waals surface area contributed by atoms with Crippen LogP contribution in [-0.2, 0) is 24.6 Å². The molecule has 3 aromatic carbocycles. The summed E-state index contributed by atoms with van der Waals surface area (Å²) in [5.74, 6) is -3.51. The number of ether oxygens (including phenoxy) is 1. The molecule has 0 bridgehead atoms. The number of carbonyl (C=O) groups is 4. The molecule has 9 nitrogen and oxygen atoms in total. The number of amides is 4. The van der Waals surface area contributed by atoms with Crippen LogP contribution in [0.5, 0.6) is 5.75 Å². The molecule has 0 radical (unpaired) electrons. The van der Waals surface area contributed by atoms with Crippen LogP contribution < -0.4 is 10.2 Å². The third-order valence-electron chi connectivity index (χ3n) is 10.6. The van der Waals surface area contributed by atoms with E-state index >= 15 is 4.79 Å². The summed E-state index contributed by atoms with van der Waals surface area (Å²) in [6.45, 7) is 7.59. The predicted molar refractivity (Wildman–Crippen MR) is 179 cm³/mol. The second kappa shape index (κ2) is 11.7. The maximum atomic E-state index is 15.2. The molecule has 4 amide bonds. The Labute approximate surface area is 280 Å². The number of aryl methyl sites for hydroxylation is 1. The van der Waals surface area contributed by atoms with E-state index in [1.165, 1.54) is 9.91 Å². The van der Waals surface area contributed by atoms with E-state index in [4.69, 9.17) is 4.74 Å². The number of benzene rings is 3. The van der Waals surface area contributed by atoms with Gasteiger partial charge in [-0.15, -0.1) is 0 Å². The largest absolute Gasteiger partial charge is 0.491 e. The highest BCUT2D eigenvalue weighted by molar-refractivity contribution is 6.13. The molecule has 248 valence electrons. The van der Waals surface area contributed by atoms with Crippen LogP contribution in [0.2, 0.25) is 0 Å². The van der Waals surface area contributed by atoms with E-state index in [9.17, 15) is 19.5 Å². The number of hydrazine groups is 1. The number of imide groups is 2. The minimum atomic E-state index is -1.33. The fraction of sp³-hybridized carbons (Fsp3) is 0.385. The van der Waals surface area contributed by atoms with Crippen LogP contribution in [0.15, 0.2) is 90.5 Å². The molecular formula is C39H41N3O6. The van der Waals surface area contributed by atoms with E-state index in [-0.39, 0.29) is 43.3 Å². The molecule has 7 rings (SSSR count). The van der Waals surface area contributed by atoms with Gasteiger partial charge in [-0.3, -0.25) is 29.5 Å². The zero-order valence-electron chi connectivity index (χ0n) is 27.7. The molecule has 6 atom stereocenters. The molecular weight excluding hydrogens is 606 g/mol. The number of likely N-dealkylation sites (tertiary alicyclic amines) is 1. The molecule has 2 saturated heterocycles. The van der Waals surface area contributed by atoms with Gasteiger partial charge in [-0.2, -0.15) is 5.01 Å². The number of anilines is 1. The van der Waals surface area contributed by atoms with Crippen LogP contribution in [0, 0.1) is 30.6 Å². The van der Waals surface area contributed by atoms with Crippen molar-refractivity contribution in [3.63, 3.8) is 0 Å². The van der Waals surface area contributed by atoms with Crippen molar-refractivity contribution in [2.75, 3.05) is 18.6 Å². The van der Waals surface area contributed by atoms with Crippen molar-refractivity contribution in [2.45, 2.75) is 57.4 Å². The third-order valence-corrected chi connectivity index (χ3v) is 10.6. The fourth-order valence-corrected chi connectivity index (χ4v) is 8.70. The van der Waals surface area contributed by atoms with Crippen LogP contribution in [-0.4, -0.2) is 57.4 Å². The van der Waals surface area contributed by atoms with Crippen molar-refractivity contribution in [3.8, 4) is 5.75 Å². The molecule has 4 aliphatic rings. The van der Waals surface area contributed by atoms with Crippen LogP contribution in [0.25, 0.3) is 0 Å². The maximum absolute atomic E-state index is 15.2. The molecule has 0 unspecified atom stereocenters. The van der Waals surface area contributed by atoms with Crippen molar-refractivity contribution < 1.29 is 29.0 Å². The highest BCUT2D eigenvalue weighted by Crippen LogP contribution is 2.64. The Balaban J connectivity index is 1.42. The van der Waals surface area contributed by atoms with Crippen molar-refractivity contribution in [2.24, 2.45) is 23.7 Å². The normalized spacial score (nSPS) is 28.2. The quantitative estimate of drug-likeness (QED) is 0.269. The number of rotatable bonds is 7. The first kappa shape index (κ1) is 31.8. The minimum absolute atomic E-state index is 0.126. The van der Waals surface area contributed by atoms with E-state index in [1.54, 1.807) is 0 Å². The van der Waals surface area contributed by atoms with Crippen LogP contribution in [0.4, 0.5) is 5.69 Å². The smallest absolute Gasteiger partial charge is 0.260 e. The summed E-state index contributed by atoms with van der Waals surface area (Å²) in [5, 5.41) is 10.5. The van der Waals surface area contributed by atoms with E-state index in [0.29, 0.717) is 17.9 Å². The van der Waals surface area contributed by atoms with Gasteiger partial charge in [-0.05, 0) is 81.8 Å². The van der Waals surface area contributed by atoms with Crippen molar-refractivity contribution in [3.05, 3.63) is 107 Å². The monoisotopic (exact) mass is 647 g/mol. The summed E-state index contributed by atoms with van der Waals surface area (Å²) >= 11 is 0. The lowest BCUT2D eigenvalue weighted by molar-refractivity contribution is -0.146. The lowest BCUT2D eigenvalue weighted by Crippen LogP contribution is -2.53. The van der Waals surface area contributed by atoms with Gasteiger partial charge in [0.25, 0.3) is 11.8 Å². The summed E-state index contributed by atoms with van der Waals surface area (Å²) in [7, 11) is 0. The topological polar surface area (TPSA) is 116 Å². The molecule has 2 aliphatic carbocycles. The fourth-order valence-electron chi connectivity index (χ4n) is 8.70. The van der Waals surface area contributed by atoms with Crippen molar-refractivity contribution in [1.82, 2.24) is 9.91 Å². The number of hydrogen-bond donors (Lipinski definition) is 2. The Morgan fingerprint density at radius 1 is 0.875 bits per heavy atom. The Bertz CT molecular complexity index is 1800. The number of nitrogens with zero attached hydrogens (tertiary/aromatic N) is 2. The third kappa shape index (κ3) is 4.78. The van der Waals surface area contributed by atoms with Gasteiger partial charge >= 0.3 is 0 Å². The first-order valence-corrected chi connectivity index (χ1v) is 16.7. The van der Waals surface area contributed by atoms with Gasteiger partial charge in [0.05, 0.1) is 35.5 Å². The molecule has 2 aliphatic heterocycles. The van der Waals surface area contributed by atoms with Gasteiger partial charge in [-0.1, -0.05) is 71.8 Å². The van der Waals surface area contributed by atoms with E-state index in [2.05, 4.69) is 11.5 Å². The van der Waals surface area contributed by atoms with Gasteiger partial charge < -0.3 is 9.84 Å². The highest BCUT2D eigenvalue weighted by atomic mass is 16.5. The number of aliphatic hydroxyl groups is 1. The molecule has 48 heavy (non-hydrogen) atoms. The zero-order valence-corrected chi connectivity index (χ0v) is 27.7. The average Bonchev–Trinajstić information content (AvgIpc) is 3.46. The number of allylic oxidation sites excluding steroid dienone is 2. The lowest BCUT2D eigenvalue weighted by atomic mass is 9.49. The molecule has 0 spiro atoms. The van der Waals surface area contributed by atoms with Crippen LogP contribution in [0.1, 0.15) is 56.2 Å². The van der Waals surface area contributed by atoms with Gasteiger partial charge in [0.15, 0.2) is 0 Å². The number of nitrogens with one attached hydrogen (secondary N) is 1. The van der Waals surface area contributed by atoms with Gasteiger partial charge in [0, 0.05) is 11.5 Å². The Kier molecular flexibility index (Phi) is 7.78. The SMILES string of the molecule is Cc1ccc(NN2C(=O)[C@@H]3C[C@@H]4C(=CC[C@@H]5C(=O)N(C(C)(C)C)C(=O)[C@@H]54)[C@H](c4ccc(OCCO)cc4)[C@]3(c3ccccc3)C2=O)cc1. The number of carbonyl (C=O) groups excluding carboxylic acids is 4. The summed E-state index contributed by atoms with van der Waals surface area (Å²) in [5.41, 5.74) is 5.22. The Hall–Kier alpha value is -4.76. The van der Waals surface area contributed by atoms with Crippen LogP contribution >= 0.6 is 0 Å². The summed E-state index contributed by atoms with van der Waals surface area (Å²) in [6, 6.07) is 24.4. The van der Waals surface area contributed by atoms with Gasteiger partial charge in [0.1, 0.15) is 12.4 Å². The van der Waals surface area contributed by atoms with E-state index in [1.807, 2.05) is 107 Å².